The van der Waals surface area contributed by atoms with E-state index >= 15 is 0 Å². The molecule has 0 aromatic heterocycles. The zero-order valence-electron chi connectivity index (χ0n) is 15.9. The number of para-hydroxylation sites is 1. The van der Waals surface area contributed by atoms with Crippen molar-refractivity contribution in [3.05, 3.63) is 77.0 Å². The van der Waals surface area contributed by atoms with Crippen LogP contribution in [0.2, 0.25) is 0 Å². The summed E-state index contributed by atoms with van der Waals surface area (Å²) in [6, 6.07) is 14.2. The molecule has 27 heavy (non-hydrogen) atoms. The van der Waals surface area contributed by atoms with Crippen molar-refractivity contribution in [2.45, 2.75) is 44.8 Å². The highest BCUT2D eigenvalue weighted by Crippen LogP contribution is 2.27. The van der Waals surface area contributed by atoms with Gasteiger partial charge in [-0.2, -0.15) is 0 Å². The maximum Gasteiger partial charge on any atom is 0.121 e. The van der Waals surface area contributed by atoms with Crippen LogP contribution in [0, 0.1) is 0 Å². The van der Waals surface area contributed by atoms with E-state index in [-0.39, 0.29) is 5.75 Å². The first kappa shape index (κ1) is 20.8. The zero-order valence-corrected chi connectivity index (χ0v) is 15.9. The highest BCUT2D eigenvalue weighted by molar-refractivity contribution is 5.34. The minimum absolute atomic E-state index is 0.0890. The average molecular weight is 368 g/mol. The molecule has 4 heteroatoms. The lowest BCUT2D eigenvalue weighted by atomic mass is 9.98. The molecule has 0 bridgehead atoms. The summed E-state index contributed by atoms with van der Waals surface area (Å²) in [6.07, 6.45) is 3.01. The van der Waals surface area contributed by atoms with Crippen LogP contribution in [0.5, 0.6) is 11.5 Å². The Morgan fingerprint density at radius 3 is 2.41 bits per heavy atom. The maximum atomic E-state index is 10.5. The van der Waals surface area contributed by atoms with E-state index in [1.54, 1.807) is 37.5 Å². The molecule has 0 radical (unpaired) electrons. The van der Waals surface area contributed by atoms with Crippen LogP contribution in [0.3, 0.4) is 0 Å². The van der Waals surface area contributed by atoms with Gasteiger partial charge >= 0.3 is 0 Å². The lowest BCUT2D eigenvalue weighted by molar-refractivity contribution is 0.176. The molecule has 0 aliphatic rings. The fourth-order valence-electron chi connectivity index (χ4n) is 2.92. The molecule has 4 nitrogen and oxygen atoms in total. The Morgan fingerprint density at radius 2 is 1.78 bits per heavy atom. The Morgan fingerprint density at radius 1 is 1.07 bits per heavy atom. The van der Waals surface area contributed by atoms with E-state index in [4.69, 9.17) is 4.74 Å². The van der Waals surface area contributed by atoms with Gasteiger partial charge < -0.3 is 20.1 Å². The molecule has 0 aliphatic carbocycles. The summed E-state index contributed by atoms with van der Waals surface area (Å²) >= 11 is 0. The molecule has 3 N–H and O–H groups in total. The fraction of sp³-hybridized carbons (Fsp3) is 0.348. The van der Waals surface area contributed by atoms with E-state index in [1.807, 2.05) is 24.3 Å². The number of rotatable bonds is 9. The third-order valence-electron chi connectivity index (χ3n) is 4.44. The molecule has 0 aliphatic heterocycles. The van der Waals surface area contributed by atoms with Gasteiger partial charge in [0.2, 0.25) is 0 Å². The lowest BCUT2D eigenvalue weighted by Crippen LogP contribution is -1.99. The highest BCUT2D eigenvalue weighted by atomic mass is 16.5. The van der Waals surface area contributed by atoms with Gasteiger partial charge in [0, 0.05) is 18.4 Å². The van der Waals surface area contributed by atoms with Crippen LogP contribution in [0.15, 0.2) is 65.9 Å². The van der Waals surface area contributed by atoms with Gasteiger partial charge in [0.25, 0.3) is 0 Å². The maximum absolute atomic E-state index is 10.5. The first-order chi connectivity index (χ1) is 13.0. The van der Waals surface area contributed by atoms with Crippen LogP contribution in [0.1, 0.15) is 55.9 Å². The number of methoxy groups -OCH3 is 1. The van der Waals surface area contributed by atoms with E-state index in [1.165, 1.54) is 0 Å². The molecular formula is C23H28O4. The van der Waals surface area contributed by atoms with Crippen LogP contribution in [-0.2, 0) is 0 Å². The van der Waals surface area contributed by atoms with E-state index < -0.39 is 12.2 Å². The van der Waals surface area contributed by atoms with Gasteiger partial charge in [0.15, 0.2) is 0 Å². The van der Waals surface area contributed by atoms with Crippen molar-refractivity contribution in [1.82, 2.24) is 0 Å². The number of phenols is 1. The largest absolute Gasteiger partial charge is 0.508 e. The summed E-state index contributed by atoms with van der Waals surface area (Å²) in [5.74, 6) is 0.847. The van der Waals surface area contributed by atoms with Crippen molar-refractivity contribution >= 4 is 0 Å². The number of aromatic hydroxyl groups is 1. The van der Waals surface area contributed by atoms with Gasteiger partial charge in [-0.25, -0.2) is 0 Å². The molecule has 0 saturated heterocycles. The van der Waals surface area contributed by atoms with Crippen molar-refractivity contribution < 1.29 is 20.1 Å². The van der Waals surface area contributed by atoms with Crippen LogP contribution in [0.25, 0.3) is 0 Å². The third-order valence-corrected chi connectivity index (χ3v) is 4.44. The van der Waals surface area contributed by atoms with E-state index in [0.29, 0.717) is 18.4 Å². The first-order valence-electron chi connectivity index (χ1n) is 9.26. The molecule has 2 rings (SSSR count). The molecular weight excluding hydrogens is 340 g/mol. The Kier molecular flexibility index (Phi) is 8.15. The summed E-state index contributed by atoms with van der Waals surface area (Å²) in [5.41, 5.74) is 5.57. The molecule has 0 unspecified atom stereocenters. The summed E-state index contributed by atoms with van der Waals surface area (Å²) in [6.45, 7) is 2.08. The number of hydrogen-bond acceptors (Lipinski definition) is 4. The van der Waals surface area contributed by atoms with Crippen LogP contribution in [-0.4, -0.2) is 22.4 Å². The van der Waals surface area contributed by atoms with Gasteiger partial charge in [-0.3, -0.25) is 0 Å². The Bertz CT molecular complexity index is 773. The molecule has 2 aromatic rings. The van der Waals surface area contributed by atoms with Crippen LogP contribution < -0.4 is 4.74 Å². The number of ether oxygens (including phenoxy) is 1. The second-order valence-corrected chi connectivity index (χ2v) is 6.51. The number of aliphatic hydroxyl groups excluding tert-OH is 2. The first-order valence-corrected chi connectivity index (χ1v) is 9.26. The molecule has 0 amide bonds. The summed E-state index contributed by atoms with van der Waals surface area (Å²) < 4.78 is 5.14. The normalized spacial score (nSPS) is 12.7. The van der Waals surface area contributed by atoms with Gasteiger partial charge in [0.1, 0.15) is 11.5 Å². The predicted octanol–water partition coefficient (Wildman–Crippen LogP) is 4.83. The molecule has 2 aromatic carbocycles. The minimum atomic E-state index is -0.784. The highest BCUT2D eigenvalue weighted by Gasteiger charge is 2.11. The van der Waals surface area contributed by atoms with Crippen molar-refractivity contribution in [2.75, 3.05) is 7.11 Å². The quantitative estimate of drug-likeness (QED) is 0.555. The Hall–Kier alpha value is -2.52. The van der Waals surface area contributed by atoms with Gasteiger partial charge in [-0.1, -0.05) is 43.7 Å². The predicted molar refractivity (Wildman–Crippen MR) is 107 cm³/mol. The molecule has 2 atom stereocenters. The van der Waals surface area contributed by atoms with Crippen molar-refractivity contribution in [3.8, 4) is 11.5 Å². The van der Waals surface area contributed by atoms with Crippen molar-refractivity contribution in [1.29, 1.82) is 0 Å². The van der Waals surface area contributed by atoms with E-state index in [0.717, 1.165) is 29.7 Å². The average Bonchev–Trinajstić information content (AvgIpc) is 2.68. The molecule has 0 spiro atoms. The monoisotopic (exact) mass is 368 g/mol. The van der Waals surface area contributed by atoms with Crippen LogP contribution in [0.4, 0.5) is 0 Å². The number of benzene rings is 2. The molecule has 0 fully saturated rings. The summed E-state index contributed by atoms with van der Waals surface area (Å²) in [7, 11) is 1.61. The standard InChI is InChI=1S/C23H28O4/c1-3-7-17(16-23(26)18-12-14-19(27-2)15-13-18)8-6-11-22(25)20-9-4-5-10-21(20)24/h4-6,9-10,12-15,22-26H,3,7,11,16H2,1-2H3/t8?,22-,23-/m1/s1. The van der Waals surface area contributed by atoms with Gasteiger partial charge in [-0.05, 0) is 41.8 Å². The van der Waals surface area contributed by atoms with Gasteiger partial charge in [-0.15, -0.1) is 5.73 Å². The SMILES string of the molecule is CCCC(=C=CC[C@@H](O)c1ccccc1O)C[C@@H](O)c1ccc(OC)cc1. The second kappa shape index (κ2) is 10.6. The van der Waals surface area contributed by atoms with E-state index in [9.17, 15) is 15.3 Å². The lowest BCUT2D eigenvalue weighted by Gasteiger charge is -2.13. The number of hydrogen-bond donors (Lipinski definition) is 3. The molecule has 144 valence electrons. The summed E-state index contributed by atoms with van der Waals surface area (Å²) in [5, 5.41) is 30.6. The Labute approximate surface area is 161 Å². The summed E-state index contributed by atoms with van der Waals surface area (Å²) in [4.78, 5) is 0. The smallest absolute Gasteiger partial charge is 0.121 e. The zero-order chi connectivity index (χ0) is 19.6. The van der Waals surface area contributed by atoms with Crippen molar-refractivity contribution in [3.63, 3.8) is 0 Å². The van der Waals surface area contributed by atoms with E-state index in [2.05, 4.69) is 12.7 Å². The fourth-order valence-corrected chi connectivity index (χ4v) is 2.92. The van der Waals surface area contributed by atoms with Crippen LogP contribution >= 0.6 is 0 Å². The topological polar surface area (TPSA) is 69.9 Å². The third kappa shape index (κ3) is 6.30. The molecule has 0 heterocycles. The minimum Gasteiger partial charge on any atom is -0.508 e. The number of phenolic OH excluding ortho intramolecular Hbond substituents is 1. The Balaban J connectivity index is 2.05. The van der Waals surface area contributed by atoms with Gasteiger partial charge in [0.05, 0.1) is 19.3 Å². The second-order valence-electron chi connectivity index (χ2n) is 6.51. The number of aliphatic hydroxyl groups is 2. The van der Waals surface area contributed by atoms with Crippen molar-refractivity contribution in [2.24, 2.45) is 0 Å². The molecule has 0 saturated carbocycles.